The molecule has 0 N–H and O–H groups in total. The van der Waals surface area contributed by atoms with Gasteiger partial charge in [0.1, 0.15) is 5.70 Å². The number of rotatable bonds is 4. The monoisotopic (exact) mass is 411 g/mol. The lowest BCUT2D eigenvalue weighted by Crippen LogP contribution is -2.31. The average molecular weight is 412 g/mol. The number of halogens is 1. The van der Waals surface area contributed by atoms with Crippen LogP contribution in [0.1, 0.15) is 31.2 Å². The molecule has 0 bridgehead atoms. The first kappa shape index (κ1) is 20.3. The van der Waals surface area contributed by atoms with Crippen molar-refractivity contribution in [2.75, 3.05) is 6.54 Å². The predicted octanol–water partition coefficient (Wildman–Crippen LogP) is 5.40. The Bertz CT molecular complexity index is 1030. The highest BCUT2D eigenvalue weighted by Gasteiger charge is 2.29. The molecule has 0 amide bonds. The van der Waals surface area contributed by atoms with Gasteiger partial charge >= 0.3 is 0 Å². The van der Waals surface area contributed by atoms with Crippen LogP contribution in [0.5, 0.6) is 0 Å². The van der Waals surface area contributed by atoms with Gasteiger partial charge in [0.15, 0.2) is 0 Å². The van der Waals surface area contributed by atoms with E-state index in [1.165, 1.54) is 16.4 Å². The van der Waals surface area contributed by atoms with E-state index in [1.807, 2.05) is 30.3 Å². The molecule has 0 unspecified atom stereocenters. The Hall–Kier alpha value is -2.48. The zero-order valence-corrected chi connectivity index (χ0v) is 17.1. The van der Waals surface area contributed by atoms with E-state index in [9.17, 15) is 8.42 Å². The van der Waals surface area contributed by atoms with E-state index in [0.717, 1.165) is 30.4 Å². The summed E-state index contributed by atoms with van der Waals surface area (Å²) in [4.78, 5) is 0.218. The molecule has 2 aromatic rings. The van der Waals surface area contributed by atoms with Gasteiger partial charge in [0, 0.05) is 17.1 Å². The number of benzene rings is 2. The standard InChI is InChI=1S/C23H22ClNO2S/c1-2-8-20-11-6-7-18-25(23(20)17-12-19-9-4-3-5-10-19)28(26,27)22-15-13-21(24)14-16-22/h2-5,9-10,13-16H,1,6-8,11,18H2. The van der Waals surface area contributed by atoms with Crippen molar-refractivity contribution in [1.29, 1.82) is 0 Å². The van der Waals surface area contributed by atoms with E-state index >= 15 is 0 Å². The minimum atomic E-state index is -3.73. The minimum absolute atomic E-state index is 0.218. The van der Waals surface area contributed by atoms with Crippen LogP contribution in [0.15, 0.2) is 83.4 Å². The van der Waals surface area contributed by atoms with Crippen molar-refractivity contribution in [2.45, 2.75) is 30.6 Å². The molecule has 0 aliphatic carbocycles. The van der Waals surface area contributed by atoms with Crippen LogP contribution in [-0.4, -0.2) is 19.3 Å². The van der Waals surface area contributed by atoms with Crippen LogP contribution in [0, 0.1) is 11.8 Å². The van der Waals surface area contributed by atoms with E-state index in [-0.39, 0.29) is 4.90 Å². The van der Waals surface area contributed by atoms with Gasteiger partial charge in [-0.2, -0.15) is 0 Å². The molecule has 0 saturated heterocycles. The van der Waals surface area contributed by atoms with Crippen LogP contribution in [0.3, 0.4) is 0 Å². The number of sulfonamides is 1. The zero-order valence-electron chi connectivity index (χ0n) is 15.6. The van der Waals surface area contributed by atoms with Crippen LogP contribution in [0.4, 0.5) is 0 Å². The van der Waals surface area contributed by atoms with Gasteiger partial charge in [0.2, 0.25) is 0 Å². The lowest BCUT2D eigenvalue weighted by Gasteiger charge is -2.24. The molecule has 3 nitrogen and oxygen atoms in total. The van der Waals surface area contributed by atoms with Crippen LogP contribution < -0.4 is 0 Å². The predicted molar refractivity (Wildman–Crippen MR) is 114 cm³/mol. The lowest BCUT2D eigenvalue weighted by molar-refractivity contribution is 0.480. The minimum Gasteiger partial charge on any atom is -0.259 e. The molecule has 3 rings (SSSR count). The number of hydrogen-bond acceptors (Lipinski definition) is 2. The van der Waals surface area contributed by atoms with Gasteiger partial charge in [0.05, 0.1) is 4.90 Å². The van der Waals surface area contributed by atoms with E-state index in [2.05, 4.69) is 18.4 Å². The highest BCUT2D eigenvalue weighted by molar-refractivity contribution is 7.89. The second kappa shape index (κ2) is 9.14. The summed E-state index contributed by atoms with van der Waals surface area (Å²) in [6.45, 7) is 4.24. The van der Waals surface area contributed by atoms with Gasteiger partial charge in [-0.25, -0.2) is 8.42 Å². The summed E-state index contributed by atoms with van der Waals surface area (Å²) in [5.74, 6) is 6.28. The Kier molecular flexibility index (Phi) is 6.61. The molecule has 2 aromatic carbocycles. The molecule has 0 spiro atoms. The summed E-state index contributed by atoms with van der Waals surface area (Å²) in [6.07, 6.45) is 4.94. The molecule has 0 aromatic heterocycles. The summed E-state index contributed by atoms with van der Waals surface area (Å²) in [5.41, 5.74) is 2.42. The first-order chi connectivity index (χ1) is 13.5. The third-order valence-electron chi connectivity index (χ3n) is 4.57. The molecule has 0 atom stereocenters. The van der Waals surface area contributed by atoms with E-state index in [4.69, 9.17) is 11.6 Å². The number of allylic oxidation sites excluding steroid dienone is 3. The van der Waals surface area contributed by atoms with E-state index < -0.39 is 10.0 Å². The van der Waals surface area contributed by atoms with Crippen molar-refractivity contribution in [3.8, 4) is 11.8 Å². The van der Waals surface area contributed by atoms with E-state index in [1.54, 1.807) is 18.2 Å². The second-order valence-corrected chi connectivity index (χ2v) is 8.85. The molecule has 1 heterocycles. The smallest absolute Gasteiger partial charge is 0.259 e. The molecule has 0 radical (unpaired) electrons. The molecule has 28 heavy (non-hydrogen) atoms. The normalized spacial score (nSPS) is 14.8. The lowest BCUT2D eigenvalue weighted by atomic mass is 10.0. The number of hydrogen-bond donors (Lipinski definition) is 0. The van der Waals surface area contributed by atoms with Gasteiger partial charge < -0.3 is 0 Å². The Morgan fingerprint density at radius 2 is 1.75 bits per heavy atom. The maximum Gasteiger partial charge on any atom is 0.264 e. The maximum absolute atomic E-state index is 13.4. The third-order valence-corrected chi connectivity index (χ3v) is 6.63. The SMILES string of the molecule is C=CCC1=C(C#Cc2ccccc2)N(S(=O)(=O)c2ccc(Cl)cc2)CCCC1. The summed E-state index contributed by atoms with van der Waals surface area (Å²) in [5, 5.41) is 0.502. The quantitative estimate of drug-likeness (QED) is 0.499. The molecular formula is C23H22ClNO2S. The zero-order chi connectivity index (χ0) is 20.0. The average Bonchev–Trinajstić information content (AvgIpc) is 2.90. The van der Waals surface area contributed by atoms with Crippen molar-refractivity contribution < 1.29 is 8.42 Å². The van der Waals surface area contributed by atoms with Gasteiger partial charge in [-0.05, 0) is 73.6 Å². The van der Waals surface area contributed by atoms with Crippen molar-refractivity contribution in [2.24, 2.45) is 0 Å². The summed E-state index contributed by atoms with van der Waals surface area (Å²) < 4.78 is 28.2. The summed E-state index contributed by atoms with van der Waals surface area (Å²) in [6, 6.07) is 15.8. The van der Waals surface area contributed by atoms with Crippen LogP contribution >= 0.6 is 11.6 Å². The first-order valence-electron chi connectivity index (χ1n) is 9.20. The molecular weight excluding hydrogens is 390 g/mol. The molecule has 1 aliphatic rings. The molecule has 0 fully saturated rings. The third kappa shape index (κ3) is 4.67. The van der Waals surface area contributed by atoms with Crippen LogP contribution in [-0.2, 0) is 10.0 Å². The molecule has 0 saturated carbocycles. The van der Waals surface area contributed by atoms with Gasteiger partial charge in [0.25, 0.3) is 10.0 Å². The van der Waals surface area contributed by atoms with Crippen molar-refractivity contribution in [3.05, 3.63) is 89.1 Å². The van der Waals surface area contributed by atoms with Crippen molar-refractivity contribution >= 4 is 21.6 Å². The van der Waals surface area contributed by atoms with Crippen LogP contribution in [0.25, 0.3) is 0 Å². The van der Waals surface area contributed by atoms with E-state index in [0.29, 0.717) is 23.7 Å². The molecule has 1 aliphatic heterocycles. The van der Waals surface area contributed by atoms with Gasteiger partial charge in [-0.1, -0.05) is 41.8 Å². The molecule has 5 heteroatoms. The first-order valence-corrected chi connectivity index (χ1v) is 11.0. The fourth-order valence-electron chi connectivity index (χ4n) is 3.15. The van der Waals surface area contributed by atoms with Crippen molar-refractivity contribution in [1.82, 2.24) is 4.31 Å². The fourth-order valence-corrected chi connectivity index (χ4v) is 4.80. The summed E-state index contributed by atoms with van der Waals surface area (Å²) in [7, 11) is -3.73. The Morgan fingerprint density at radius 1 is 1.04 bits per heavy atom. The Labute approximate surface area is 172 Å². The fraction of sp³-hybridized carbons (Fsp3) is 0.217. The second-order valence-electron chi connectivity index (χ2n) is 6.55. The highest BCUT2D eigenvalue weighted by atomic mass is 35.5. The molecule has 144 valence electrons. The Morgan fingerprint density at radius 3 is 2.43 bits per heavy atom. The van der Waals surface area contributed by atoms with Crippen molar-refractivity contribution in [3.63, 3.8) is 0 Å². The summed E-state index contributed by atoms with van der Waals surface area (Å²) >= 11 is 5.93. The topological polar surface area (TPSA) is 37.4 Å². The Balaban J connectivity index is 2.10. The maximum atomic E-state index is 13.4. The largest absolute Gasteiger partial charge is 0.264 e. The number of nitrogens with zero attached hydrogens (tertiary/aromatic N) is 1. The van der Waals surface area contributed by atoms with Gasteiger partial charge in [-0.3, -0.25) is 4.31 Å². The van der Waals surface area contributed by atoms with Gasteiger partial charge in [-0.15, -0.1) is 6.58 Å². The highest BCUT2D eigenvalue weighted by Crippen LogP contribution is 2.30. The van der Waals surface area contributed by atoms with Crippen LogP contribution in [0.2, 0.25) is 5.02 Å².